The number of hydrogen-bond donors (Lipinski definition) is 1. The average molecular weight is 385 g/mol. The molecule has 0 radical (unpaired) electrons. The lowest BCUT2D eigenvalue weighted by atomic mass is 10.1. The van der Waals surface area contributed by atoms with E-state index in [-0.39, 0.29) is 13.1 Å². The van der Waals surface area contributed by atoms with Crippen LogP contribution in [0.5, 0.6) is 0 Å². The van der Waals surface area contributed by atoms with Crippen LogP contribution in [0.3, 0.4) is 0 Å². The quantitative estimate of drug-likeness (QED) is 0.744. The molecule has 1 N–H and O–H groups in total. The molecule has 0 spiro atoms. The van der Waals surface area contributed by atoms with E-state index in [9.17, 15) is 8.78 Å². The maximum absolute atomic E-state index is 13.3. The maximum Gasteiger partial charge on any atom is 0.282 e. The van der Waals surface area contributed by atoms with Crippen molar-refractivity contribution in [2.75, 3.05) is 49.1 Å². The zero-order chi connectivity index (χ0) is 19.3. The van der Waals surface area contributed by atoms with Crippen LogP contribution in [0.25, 0.3) is 17.0 Å². The van der Waals surface area contributed by atoms with Crippen molar-refractivity contribution in [1.82, 2.24) is 24.7 Å². The first kappa shape index (κ1) is 17.3. The van der Waals surface area contributed by atoms with E-state index < -0.39 is 5.92 Å². The Morgan fingerprint density at radius 1 is 1.07 bits per heavy atom. The van der Waals surface area contributed by atoms with Crippen molar-refractivity contribution < 1.29 is 8.78 Å². The molecule has 2 saturated heterocycles. The molecule has 5 heterocycles. The summed E-state index contributed by atoms with van der Waals surface area (Å²) in [5.41, 5.74) is 3.99. The van der Waals surface area contributed by atoms with Gasteiger partial charge in [-0.25, -0.2) is 23.7 Å². The zero-order valence-electron chi connectivity index (χ0n) is 15.6. The van der Waals surface area contributed by atoms with Crippen LogP contribution in [-0.4, -0.2) is 64.5 Å². The monoisotopic (exact) mass is 385 g/mol. The molecule has 0 atom stereocenters. The number of halogens is 2. The number of aromatic nitrogens is 4. The highest BCUT2D eigenvalue weighted by atomic mass is 19.3. The van der Waals surface area contributed by atoms with Gasteiger partial charge in [-0.15, -0.1) is 0 Å². The molecular weight excluding hydrogens is 364 g/mol. The zero-order valence-corrected chi connectivity index (χ0v) is 15.6. The average Bonchev–Trinajstić information content (AvgIpc) is 3.09. The summed E-state index contributed by atoms with van der Waals surface area (Å²) in [6.45, 7) is 5.00. The molecule has 146 valence electrons. The van der Waals surface area contributed by atoms with Gasteiger partial charge in [-0.1, -0.05) is 0 Å². The van der Waals surface area contributed by atoms with Gasteiger partial charge in [0.15, 0.2) is 0 Å². The predicted molar refractivity (Wildman–Crippen MR) is 103 cm³/mol. The van der Waals surface area contributed by atoms with Crippen molar-refractivity contribution in [3.63, 3.8) is 0 Å². The number of fused-ring (bicyclic) bond motifs is 1. The minimum atomic E-state index is -2.60. The summed E-state index contributed by atoms with van der Waals surface area (Å²) in [5.74, 6) is -1.89. The molecule has 2 aliphatic rings. The van der Waals surface area contributed by atoms with Crippen LogP contribution in [0.4, 0.5) is 20.4 Å². The molecule has 0 aliphatic carbocycles. The minimum absolute atomic E-state index is 0.248. The second-order valence-corrected chi connectivity index (χ2v) is 7.40. The van der Waals surface area contributed by atoms with Gasteiger partial charge in [0.25, 0.3) is 5.92 Å². The van der Waals surface area contributed by atoms with Crippen molar-refractivity contribution in [3.05, 3.63) is 36.3 Å². The van der Waals surface area contributed by atoms with Crippen molar-refractivity contribution in [1.29, 1.82) is 0 Å². The summed E-state index contributed by atoms with van der Waals surface area (Å²) in [6.07, 6.45) is 3.63. The van der Waals surface area contributed by atoms with Crippen LogP contribution >= 0.6 is 0 Å². The molecule has 0 unspecified atom stereocenters. The lowest BCUT2D eigenvalue weighted by Gasteiger charge is -2.40. The first-order valence-electron chi connectivity index (χ1n) is 9.40. The van der Waals surface area contributed by atoms with Crippen molar-refractivity contribution in [2.24, 2.45) is 0 Å². The Bertz CT molecular complexity index is 1020. The SMILES string of the molecule is Cc1cc(-c2cnc3ccc(N4CC(F)(F)C4)cn23)nc(N2CCNCC2)n1. The Labute approximate surface area is 161 Å². The third-order valence-corrected chi connectivity index (χ3v) is 5.20. The summed E-state index contributed by atoms with van der Waals surface area (Å²) in [4.78, 5) is 17.7. The van der Waals surface area contributed by atoms with Gasteiger partial charge in [0, 0.05) is 38.1 Å². The lowest BCUT2D eigenvalue weighted by Crippen LogP contribution is -2.56. The van der Waals surface area contributed by atoms with Gasteiger partial charge in [-0.3, -0.25) is 4.40 Å². The highest BCUT2D eigenvalue weighted by molar-refractivity contribution is 5.64. The molecule has 3 aromatic heterocycles. The lowest BCUT2D eigenvalue weighted by molar-refractivity contribution is -0.0262. The Hall–Kier alpha value is -2.81. The number of aryl methyl sites for hydroxylation is 1. The van der Waals surface area contributed by atoms with Crippen molar-refractivity contribution in [3.8, 4) is 11.4 Å². The highest BCUT2D eigenvalue weighted by Crippen LogP contribution is 2.32. The summed E-state index contributed by atoms with van der Waals surface area (Å²) >= 11 is 0. The van der Waals surface area contributed by atoms with E-state index in [4.69, 9.17) is 4.98 Å². The van der Waals surface area contributed by atoms with Crippen LogP contribution in [0.1, 0.15) is 5.69 Å². The molecule has 3 aromatic rings. The number of nitrogens with zero attached hydrogens (tertiary/aromatic N) is 6. The number of nitrogens with one attached hydrogen (secondary N) is 1. The van der Waals surface area contributed by atoms with Gasteiger partial charge >= 0.3 is 0 Å². The fourth-order valence-electron chi connectivity index (χ4n) is 3.73. The molecular formula is C19H21F2N7. The van der Waals surface area contributed by atoms with Gasteiger partial charge in [0.2, 0.25) is 5.95 Å². The van der Waals surface area contributed by atoms with Crippen LogP contribution in [0.15, 0.2) is 30.6 Å². The Morgan fingerprint density at radius 2 is 1.86 bits per heavy atom. The van der Waals surface area contributed by atoms with Gasteiger partial charge in [-0.05, 0) is 25.1 Å². The van der Waals surface area contributed by atoms with E-state index in [1.807, 2.05) is 35.7 Å². The summed E-state index contributed by atoms with van der Waals surface area (Å²) < 4.78 is 28.4. The number of rotatable bonds is 3. The third-order valence-electron chi connectivity index (χ3n) is 5.20. The number of hydrogen-bond acceptors (Lipinski definition) is 6. The van der Waals surface area contributed by atoms with Crippen LogP contribution in [-0.2, 0) is 0 Å². The van der Waals surface area contributed by atoms with E-state index >= 15 is 0 Å². The molecule has 28 heavy (non-hydrogen) atoms. The fraction of sp³-hybridized carbons (Fsp3) is 0.421. The Morgan fingerprint density at radius 3 is 2.61 bits per heavy atom. The minimum Gasteiger partial charge on any atom is -0.358 e. The molecule has 7 nitrogen and oxygen atoms in total. The van der Waals surface area contributed by atoms with Crippen LogP contribution in [0, 0.1) is 6.92 Å². The van der Waals surface area contributed by atoms with Crippen molar-refractivity contribution in [2.45, 2.75) is 12.8 Å². The fourth-order valence-corrected chi connectivity index (χ4v) is 3.73. The van der Waals surface area contributed by atoms with Gasteiger partial charge in [0.1, 0.15) is 5.65 Å². The second kappa shape index (κ2) is 6.37. The molecule has 5 rings (SSSR count). The third kappa shape index (κ3) is 3.05. The van der Waals surface area contributed by atoms with Crippen molar-refractivity contribution >= 4 is 17.3 Å². The van der Waals surface area contributed by atoms with Gasteiger partial charge in [-0.2, -0.15) is 0 Å². The topological polar surface area (TPSA) is 61.6 Å². The summed E-state index contributed by atoms with van der Waals surface area (Å²) in [7, 11) is 0. The predicted octanol–water partition coefficient (Wildman–Crippen LogP) is 1.96. The molecule has 0 amide bonds. The number of anilines is 2. The molecule has 9 heteroatoms. The Balaban J connectivity index is 1.53. The smallest absolute Gasteiger partial charge is 0.282 e. The molecule has 0 bridgehead atoms. The number of piperazine rings is 1. The van der Waals surface area contributed by atoms with Gasteiger partial charge in [0.05, 0.1) is 36.4 Å². The standard InChI is InChI=1S/C19H21F2N7/c1-13-8-15(25-18(24-13)26-6-4-22-5-7-26)16-9-23-17-3-2-14(10-28(16)17)27-11-19(20,21)12-27/h2-3,8-10,22H,4-7,11-12H2,1H3. The summed E-state index contributed by atoms with van der Waals surface area (Å²) in [6, 6.07) is 5.61. The molecule has 2 aliphatic heterocycles. The normalized spacial score (nSPS) is 19.1. The van der Waals surface area contributed by atoms with E-state index in [2.05, 4.69) is 20.2 Å². The summed E-state index contributed by atoms with van der Waals surface area (Å²) in [5, 5.41) is 3.33. The van der Waals surface area contributed by atoms with E-state index in [0.717, 1.165) is 54.6 Å². The molecule has 2 fully saturated rings. The van der Waals surface area contributed by atoms with Crippen LogP contribution < -0.4 is 15.1 Å². The molecule has 0 aromatic carbocycles. The Kier molecular flexibility index (Phi) is 3.94. The number of pyridine rings is 1. The van der Waals surface area contributed by atoms with Gasteiger partial charge < -0.3 is 15.1 Å². The number of imidazole rings is 1. The first-order chi connectivity index (χ1) is 13.5. The maximum atomic E-state index is 13.3. The van der Waals surface area contributed by atoms with E-state index in [0.29, 0.717) is 5.95 Å². The molecule has 0 saturated carbocycles. The number of alkyl halides is 2. The second-order valence-electron chi connectivity index (χ2n) is 7.40. The highest BCUT2D eigenvalue weighted by Gasteiger charge is 2.44. The largest absolute Gasteiger partial charge is 0.358 e. The van der Waals surface area contributed by atoms with E-state index in [1.54, 1.807) is 11.1 Å². The van der Waals surface area contributed by atoms with Crippen LogP contribution in [0.2, 0.25) is 0 Å². The van der Waals surface area contributed by atoms with E-state index in [1.165, 1.54) is 0 Å². The first-order valence-corrected chi connectivity index (χ1v) is 9.40.